The molecule has 0 bridgehead atoms. The zero-order valence-corrected chi connectivity index (χ0v) is 11.0. The van der Waals surface area contributed by atoms with Crippen LogP contribution in [0.4, 0.5) is 0 Å². The SMILES string of the molecule is CCCNC(C(OC)C1CC1)C(C)(C)C. The molecule has 1 aliphatic carbocycles. The number of hydrogen-bond acceptors (Lipinski definition) is 2. The van der Waals surface area contributed by atoms with Crippen LogP contribution in [0, 0.1) is 11.3 Å². The second-order valence-corrected chi connectivity index (χ2v) is 5.84. The van der Waals surface area contributed by atoms with Gasteiger partial charge in [0.1, 0.15) is 0 Å². The molecule has 0 aromatic carbocycles. The summed E-state index contributed by atoms with van der Waals surface area (Å²) in [5.74, 6) is 0.795. The Balaban J connectivity index is 2.60. The summed E-state index contributed by atoms with van der Waals surface area (Å²) in [6.07, 6.45) is 4.28. The molecule has 90 valence electrons. The molecule has 2 unspecified atom stereocenters. The molecule has 2 heteroatoms. The van der Waals surface area contributed by atoms with Crippen LogP contribution in [0.2, 0.25) is 0 Å². The predicted octanol–water partition coefficient (Wildman–Crippen LogP) is 2.83. The van der Waals surface area contributed by atoms with Gasteiger partial charge in [-0.1, -0.05) is 27.7 Å². The van der Waals surface area contributed by atoms with E-state index in [1.165, 1.54) is 19.3 Å². The van der Waals surface area contributed by atoms with Crippen LogP contribution in [0.5, 0.6) is 0 Å². The average molecular weight is 213 g/mol. The number of nitrogens with one attached hydrogen (secondary N) is 1. The van der Waals surface area contributed by atoms with Crippen LogP contribution in [0.1, 0.15) is 47.0 Å². The number of rotatable bonds is 6. The maximum atomic E-state index is 5.70. The Bertz CT molecular complexity index is 181. The highest BCUT2D eigenvalue weighted by molar-refractivity contribution is 4.95. The molecular formula is C13H27NO. The van der Waals surface area contributed by atoms with Crippen molar-refractivity contribution in [2.45, 2.75) is 59.1 Å². The Labute approximate surface area is 94.8 Å². The molecule has 0 amide bonds. The van der Waals surface area contributed by atoms with Gasteiger partial charge in [0, 0.05) is 13.2 Å². The van der Waals surface area contributed by atoms with E-state index in [4.69, 9.17) is 4.74 Å². The molecular weight excluding hydrogens is 186 g/mol. The van der Waals surface area contributed by atoms with Crippen LogP contribution in [0.25, 0.3) is 0 Å². The van der Waals surface area contributed by atoms with Gasteiger partial charge < -0.3 is 10.1 Å². The molecule has 0 aromatic heterocycles. The molecule has 0 aliphatic heterocycles. The first-order valence-electron chi connectivity index (χ1n) is 6.27. The third kappa shape index (κ3) is 3.76. The summed E-state index contributed by atoms with van der Waals surface area (Å²) < 4.78 is 5.70. The normalized spacial score (nSPS) is 21.4. The fraction of sp³-hybridized carbons (Fsp3) is 1.00. The van der Waals surface area contributed by atoms with Crippen molar-refractivity contribution in [2.75, 3.05) is 13.7 Å². The maximum absolute atomic E-state index is 5.70. The first-order valence-corrected chi connectivity index (χ1v) is 6.27. The molecule has 0 aromatic rings. The number of ether oxygens (including phenoxy) is 1. The Kier molecular flexibility index (Phi) is 4.60. The molecule has 0 heterocycles. The molecule has 2 nitrogen and oxygen atoms in total. The maximum Gasteiger partial charge on any atom is 0.0757 e. The number of hydrogen-bond donors (Lipinski definition) is 1. The third-order valence-electron chi connectivity index (χ3n) is 3.23. The van der Waals surface area contributed by atoms with E-state index in [0.29, 0.717) is 12.1 Å². The van der Waals surface area contributed by atoms with Gasteiger partial charge in [-0.3, -0.25) is 0 Å². The van der Waals surface area contributed by atoms with Gasteiger partial charge in [-0.2, -0.15) is 0 Å². The highest BCUT2D eigenvalue weighted by Crippen LogP contribution is 2.39. The van der Waals surface area contributed by atoms with Gasteiger partial charge >= 0.3 is 0 Å². The minimum atomic E-state index is 0.276. The minimum Gasteiger partial charge on any atom is -0.380 e. The van der Waals surface area contributed by atoms with E-state index in [9.17, 15) is 0 Å². The largest absolute Gasteiger partial charge is 0.380 e. The van der Waals surface area contributed by atoms with Crippen molar-refractivity contribution in [3.8, 4) is 0 Å². The van der Waals surface area contributed by atoms with Crippen LogP contribution in [-0.4, -0.2) is 25.8 Å². The second kappa shape index (κ2) is 5.31. The van der Waals surface area contributed by atoms with Gasteiger partial charge in [-0.25, -0.2) is 0 Å². The Morgan fingerprint density at radius 2 is 1.93 bits per heavy atom. The van der Waals surface area contributed by atoms with Gasteiger partial charge in [0.2, 0.25) is 0 Å². The van der Waals surface area contributed by atoms with Crippen LogP contribution in [0.3, 0.4) is 0 Å². The lowest BCUT2D eigenvalue weighted by Crippen LogP contribution is -2.50. The highest BCUT2D eigenvalue weighted by Gasteiger charge is 2.41. The molecule has 1 rings (SSSR count). The van der Waals surface area contributed by atoms with E-state index in [0.717, 1.165) is 12.5 Å². The first kappa shape index (κ1) is 13.0. The van der Waals surface area contributed by atoms with Crippen LogP contribution < -0.4 is 5.32 Å². The first-order chi connectivity index (χ1) is 7.00. The Morgan fingerprint density at radius 1 is 1.33 bits per heavy atom. The zero-order chi connectivity index (χ0) is 11.5. The van der Waals surface area contributed by atoms with Crippen molar-refractivity contribution in [1.29, 1.82) is 0 Å². The van der Waals surface area contributed by atoms with Crippen LogP contribution >= 0.6 is 0 Å². The molecule has 0 saturated heterocycles. The lowest BCUT2D eigenvalue weighted by molar-refractivity contribution is 0.0142. The molecule has 0 spiro atoms. The lowest BCUT2D eigenvalue weighted by atomic mass is 9.81. The summed E-state index contributed by atoms with van der Waals surface area (Å²) in [5.41, 5.74) is 0.276. The van der Waals surface area contributed by atoms with E-state index >= 15 is 0 Å². The standard InChI is InChI=1S/C13H27NO/c1-6-9-14-12(13(2,3)4)11(15-5)10-7-8-10/h10-12,14H,6-9H2,1-5H3. The van der Waals surface area contributed by atoms with E-state index in [1.54, 1.807) is 0 Å². The van der Waals surface area contributed by atoms with Gasteiger partial charge in [0.15, 0.2) is 0 Å². The van der Waals surface area contributed by atoms with Crippen molar-refractivity contribution in [1.82, 2.24) is 5.32 Å². The van der Waals surface area contributed by atoms with E-state index < -0.39 is 0 Å². The van der Waals surface area contributed by atoms with Crippen LogP contribution in [-0.2, 0) is 4.74 Å². The summed E-state index contributed by atoms with van der Waals surface area (Å²) in [6, 6.07) is 0.481. The van der Waals surface area contributed by atoms with Crippen molar-refractivity contribution in [3.63, 3.8) is 0 Å². The van der Waals surface area contributed by atoms with Crippen molar-refractivity contribution < 1.29 is 4.74 Å². The summed E-state index contributed by atoms with van der Waals surface area (Å²) in [4.78, 5) is 0. The monoisotopic (exact) mass is 213 g/mol. The summed E-state index contributed by atoms with van der Waals surface area (Å²) in [6.45, 7) is 10.2. The molecule has 0 radical (unpaired) electrons. The number of methoxy groups -OCH3 is 1. The molecule has 1 saturated carbocycles. The van der Waals surface area contributed by atoms with E-state index in [1.807, 2.05) is 7.11 Å². The summed E-state index contributed by atoms with van der Waals surface area (Å²) in [7, 11) is 1.86. The zero-order valence-electron chi connectivity index (χ0n) is 11.0. The smallest absolute Gasteiger partial charge is 0.0757 e. The van der Waals surface area contributed by atoms with E-state index in [-0.39, 0.29) is 5.41 Å². The topological polar surface area (TPSA) is 21.3 Å². The van der Waals surface area contributed by atoms with Gasteiger partial charge in [0.05, 0.1) is 6.10 Å². The predicted molar refractivity (Wildman–Crippen MR) is 65.1 cm³/mol. The van der Waals surface area contributed by atoms with Gasteiger partial charge in [-0.05, 0) is 37.1 Å². The highest BCUT2D eigenvalue weighted by atomic mass is 16.5. The molecule has 1 N–H and O–H groups in total. The Hall–Kier alpha value is -0.0800. The van der Waals surface area contributed by atoms with Gasteiger partial charge in [0.25, 0.3) is 0 Å². The van der Waals surface area contributed by atoms with Crippen molar-refractivity contribution in [2.24, 2.45) is 11.3 Å². The van der Waals surface area contributed by atoms with E-state index in [2.05, 4.69) is 33.0 Å². The summed E-state index contributed by atoms with van der Waals surface area (Å²) >= 11 is 0. The van der Waals surface area contributed by atoms with Crippen molar-refractivity contribution in [3.05, 3.63) is 0 Å². The van der Waals surface area contributed by atoms with Crippen molar-refractivity contribution >= 4 is 0 Å². The second-order valence-electron chi connectivity index (χ2n) is 5.84. The molecule has 1 fully saturated rings. The minimum absolute atomic E-state index is 0.276. The quantitative estimate of drug-likeness (QED) is 0.732. The van der Waals surface area contributed by atoms with Gasteiger partial charge in [-0.15, -0.1) is 0 Å². The lowest BCUT2D eigenvalue weighted by Gasteiger charge is -2.37. The molecule has 1 aliphatic rings. The molecule has 15 heavy (non-hydrogen) atoms. The summed E-state index contributed by atoms with van der Waals surface area (Å²) in [5, 5.41) is 3.66. The fourth-order valence-corrected chi connectivity index (χ4v) is 2.24. The third-order valence-corrected chi connectivity index (χ3v) is 3.23. The Morgan fingerprint density at radius 3 is 2.27 bits per heavy atom. The average Bonchev–Trinajstić information content (AvgIpc) is 2.93. The van der Waals surface area contributed by atoms with Crippen LogP contribution in [0.15, 0.2) is 0 Å². The molecule has 2 atom stereocenters. The fourth-order valence-electron chi connectivity index (χ4n) is 2.24.